The third kappa shape index (κ3) is 1.66. The van der Waals surface area contributed by atoms with Gasteiger partial charge in [0.25, 0.3) is 0 Å². The van der Waals surface area contributed by atoms with Crippen LogP contribution in [0.5, 0.6) is 0 Å². The molecule has 0 unspecified atom stereocenters. The first-order valence-electron chi connectivity index (χ1n) is 4.38. The first-order chi connectivity index (χ1) is 7.09. The molecule has 0 atom stereocenters. The fourth-order valence-corrected chi connectivity index (χ4v) is 2.31. The van der Waals surface area contributed by atoms with Crippen molar-refractivity contribution in [3.63, 3.8) is 0 Å². The van der Waals surface area contributed by atoms with Crippen LogP contribution in [0.3, 0.4) is 0 Å². The number of pyridine rings is 1. The second-order valence-corrected chi connectivity index (χ2v) is 4.28. The number of carbonyl (C=O) groups is 1. The number of hydrogen-bond acceptors (Lipinski definition) is 4. The predicted octanol–water partition coefficient (Wildman–Crippen LogP) is 2.06. The van der Waals surface area contributed by atoms with Crippen molar-refractivity contribution in [2.45, 2.75) is 0 Å². The monoisotopic (exact) mass is 222 g/mol. The SMILES string of the molecule is CN(C)c1cc(C(=O)O)nc2ccsc12. The molecule has 0 saturated carbocycles. The van der Waals surface area contributed by atoms with Crippen molar-refractivity contribution in [2.75, 3.05) is 19.0 Å². The first-order valence-corrected chi connectivity index (χ1v) is 5.26. The smallest absolute Gasteiger partial charge is 0.354 e. The van der Waals surface area contributed by atoms with Gasteiger partial charge in [0.05, 0.1) is 15.9 Å². The molecule has 2 aromatic heterocycles. The van der Waals surface area contributed by atoms with Gasteiger partial charge in [0.1, 0.15) is 0 Å². The van der Waals surface area contributed by atoms with Crippen LogP contribution in [0.1, 0.15) is 10.5 Å². The number of anilines is 1. The highest BCUT2D eigenvalue weighted by molar-refractivity contribution is 7.17. The molecule has 0 spiro atoms. The Bertz CT molecular complexity index is 519. The number of aromatic nitrogens is 1. The minimum atomic E-state index is -0.994. The highest BCUT2D eigenvalue weighted by Crippen LogP contribution is 2.29. The summed E-state index contributed by atoms with van der Waals surface area (Å²) in [5.74, 6) is -0.994. The highest BCUT2D eigenvalue weighted by atomic mass is 32.1. The molecule has 0 aliphatic carbocycles. The number of aromatic carboxylic acids is 1. The van der Waals surface area contributed by atoms with Gasteiger partial charge in [-0.1, -0.05) is 0 Å². The molecule has 5 heteroatoms. The van der Waals surface area contributed by atoms with Gasteiger partial charge in [0, 0.05) is 14.1 Å². The van der Waals surface area contributed by atoms with Crippen molar-refractivity contribution < 1.29 is 9.90 Å². The summed E-state index contributed by atoms with van der Waals surface area (Å²) in [6, 6.07) is 3.43. The molecule has 0 radical (unpaired) electrons. The average molecular weight is 222 g/mol. The molecule has 2 aromatic rings. The molecule has 0 aliphatic heterocycles. The number of rotatable bonds is 2. The largest absolute Gasteiger partial charge is 0.477 e. The second-order valence-electron chi connectivity index (χ2n) is 3.36. The van der Waals surface area contributed by atoms with Crippen LogP contribution in [-0.4, -0.2) is 30.2 Å². The number of thiophene rings is 1. The summed E-state index contributed by atoms with van der Waals surface area (Å²) in [4.78, 5) is 16.8. The van der Waals surface area contributed by atoms with Crippen LogP contribution in [0.2, 0.25) is 0 Å². The van der Waals surface area contributed by atoms with Gasteiger partial charge >= 0.3 is 5.97 Å². The Balaban J connectivity index is 2.74. The third-order valence-corrected chi connectivity index (χ3v) is 3.02. The molecule has 78 valence electrons. The lowest BCUT2D eigenvalue weighted by molar-refractivity contribution is 0.0691. The van der Waals surface area contributed by atoms with Crippen LogP contribution < -0.4 is 4.90 Å². The van der Waals surface area contributed by atoms with E-state index in [0.717, 1.165) is 15.9 Å². The van der Waals surface area contributed by atoms with Crippen LogP contribution in [0, 0.1) is 0 Å². The fraction of sp³-hybridized carbons (Fsp3) is 0.200. The van der Waals surface area contributed by atoms with E-state index < -0.39 is 5.97 Å². The van der Waals surface area contributed by atoms with Gasteiger partial charge in [-0.2, -0.15) is 0 Å². The van der Waals surface area contributed by atoms with Crippen molar-refractivity contribution in [2.24, 2.45) is 0 Å². The number of nitrogens with zero attached hydrogens (tertiary/aromatic N) is 2. The highest BCUT2D eigenvalue weighted by Gasteiger charge is 2.12. The molecule has 2 rings (SSSR count). The Hall–Kier alpha value is -1.62. The number of hydrogen-bond donors (Lipinski definition) is 1. The third-order valence-electron chi connectivity index (χ3n) is 2.09. The van der Waals surface area contributed by atoms with Gasteiger partial charge in [-0.25, -0.2) is 9.78 Å². The van der Waals surface area contributed by atoms with Gasteiger partial charge in [-0.15, -0.1) is 11.3 Å². The summed E-state index contributed by atoms with van der Waals surface area (Å²) in [5, 5.41) is 10.8. The molecule has 0 amide bonds. The number of carboxylic acid groups (broad SMARTS) is 1. The van der Waals surface area contributed by atoms with Crippen molar-refractivity contribution in [3.8, 4) is 0 Å². The van der Waals surface area contributed by atoms with E-state index in [2.05, 4.69) is 4.98 Å². The molecule has 0 saturated heterocycles. The second kappa shape index (κ2) is 3.51. The van der Waals surface area contributed by atoms with Crippen LogP contribution in [-0.2, 0) is 0 Å². The summed E-state index contributed by atoms with van der Waals surface area (Å²) in [6.45, 7) is 0. The summed E-state index contributed by atoms with van der Waals surface area (Å²) in [5.41, 5.74) is 1.72. The molecule has 0 bridgehead atoms. The standard InChI is InChI=1S/C10H10N2O2S/c1-12(2)8-5-7(10(13)14)11-6-3-4-15-9(6)8/h3-5H,1-2H3,(H,13,14). The van der Waals surface area contributed by atoms with Crippen molar-refractivity contribution >= 4 is 33.2 Å². The number of carboxylic acids is 1. The molecule has 0 aromatic carbocycles. The Kier molecular flexibility index (Phi) is 2.32. The van der Waals surface area contributed by atoms with Crippen molar-refractivity contribution in [1.82, 2.24) is 4.98 Å². The Morgan fingerprint density at radius 2 is 2.27 bits per heavy atom. The maximum Gasteiger partial charge on any atom is 0.354 e. The molecular formula is C10H10N2O2S. The Morgan fingerprint density at radius 3 is 2.87 bits per heavy atom. The zero-order chi connectivity index (χ0) is 11.0. The van der Waals surface area contributed by atoms with Crippen LogP contribution in [0.25, 0.3) is 10.2 Å². The van der Waals surface area contributed by atoms with Crippen LogP contribution >= 0.6 is 11.3 Å². The lowest BCUT2D eigenvalue weighted by atomic mass is 10.2. The molecule has 1 N–H and O–H groups in total. The van der Waals surface area contributed by atoms with Crippen molar-refractivity contribution in [1.29, 1.82) is 0 Å². The minimum absolute atomic E-state index is 0.0876. The topological polar surface area (TPSA) is 53.4 Å². The summed E-state index contributed by atoms with van der Waals surface area (Å²) < 4.78 is 1.02. The zero-order valence-electron chi connectivity index (χ0n) is 8.39. The van der Waals surface area contributed by atoms with Gasteiger partial charge in [0.15, 0.2) is 5.69 Å². The predicted molar refractivity (Wildman–Crippen MR) is 60.9 cm³/mol. The molecular weight excluding hydrogens is 212 g/mol. The maximum atomic E-state index is 10.9. The molecule has 0 fully saturated rings. The minimum Gasteiger partial charge on any atom is -0.477 e. The molecule has 4 nitrogen and oxygen atoms in total. The lowest BCUT2D eigenvalue weighted by Gasteiger charge is -2.13. The number of fused-ring (bicyclic) bond motifs is 1. The normalized spacial score (nSPS) is 10.5. The van der Waals surface area contributed by atoms with Crippen LogP contribution in [0.15, 0.2) is 17.5 Å². The summed E-state index contributed by atoms with van der Waals surface area (Å²) in [6.07, 6.45) is 0. The maximum absolute atomic E-state index is 10.9. The van der Waals surface area contributed by atoms with Crippen molar-refractivity contribution in [3.05, 3.63) is 23.2 Å². The lowest BCUT2D eigenvalue weighted by Crippen LogP contribution is -2.11. The average Bonchev–Trinajstić information content (AvgIpc) is 2.62. The quantitative estimate of drug-likeness (QED) is 0.845. The first kappa shape index (κ1) is 9.92. The van der Waals surface area contributed by atoms with E-state index in [1.54, 1.807) is 17.4 Å². The van der Waals surface area contributed by atoms with E-state index in [9.17, 15) is 4.79 Å². The van der Waals surface area contributed by atoms with Gasteiger partial charge in [0.2, 0.25) is 0 Å². The van der Waals surface area contributed by atoms with E-state index in [-0.39, 0.29) is 5.69 Å². The van der Waals surface area contributed by atoms with Gasteiger partial charge in [-0.05, 0) is 17.5 Å². The summed E-state index contributed by atoms with van der Waals surface area (Å²) in [7, 11) is 3.78. The van der Waals surface area contributed by atoms with E-state index in [1.807, 2.05) is 30.4 Å². The zero-order valence-corrected chi connectivity index (χ0v) is 9.21. The molecule has 2 heterocycles. The summed E-state index contributed by atoms with van der Waals surface area (Å²) >= 11 is 1.57. The van der Waals surface area contributed by atoms with E-state index >= 15 is 0 Å². The van der Waals surface area contributed by atoms with E-state index in [1.165, 1.54) is 0 Å². The molecule has 0 aliphatic rings. The van der Waals surface area contributed by atoms with Crippen LogP contribution in [0.4, 0.5) is 5.69 Å². The van der Waals surface area contributed by atoms with Gasteiger partial charge in [-0.3, -0.25) is 0 Å². The van der Waals surface area contributed by atoms with Gasteiger partial charge < -0.3 is 10.0 Å². The van der Waals surface area contributed by atoms with E-state index in [0.29, 0.717) is 0 Å². The Morgan fingerprint density at radius 1 is 1.53 bits per heavy atom. The van der Waals surface area contributed by atoms with E-state index in [4.69, 9.17) is 5.11 Å². The molecule has 15 heavy (non-hydrogen) atoms. The fourth-order valence-electron chi connectivity index (χ4n) is 1.38. The Labute approximate surface area is 90.8 Å².